The zero-order valence-corrected chi connectivity index (χ0v) is 36.1. The fourth-order valence-electron chi connectivity index (χ4n) is 8.63. The predicted octanol–water partition coefficient (Wildman–Crippen LogP) is 18.2. The summed E-state index contributed by atoms with van der Waals surface area (Å²) >= 11 is 0. The Balaban J connectivity index is 1.06. The van der Waals surface area contributed by atoms with Crippen LogP contribution >= 0.6 is 0 Å². The number of nitrogens with zero attached hydrogens (tertiary/aromatic N) is 2. The largest absolute Gasteiger partial charge is 0.310 e. The second-order valence-electron chi connectivity index (χ2n) is 16.0. The Kier molecular flexibility index (Phi) is 9.97. The summed E-state index contributed by atoms with van der Waals surface area (Å²) in [6.45, 7) is -1.07. The van der Waals surface area contributed by atoms with Gasteiger partial charge >= 0.3 is 0 Å². The van der Waals surface area contributed by atoms with Gasteiger partial charge in [-0.05, 0) is 128 Å². The van der Waals surface area contributed by atoms with E-state index in [0.717, 1.165) is 89.8 Å². The Bertz CT molecular complexity index is 3280. The molecule has 0 saturated heterocycles. The van der Waals surface area contributed by atoms with Crippen LogP contribution in [0.3, 0.4) is 0 Å². The highest BCUT2D eigenvalue weighted by Gasteiger charge is 2.21. The predicted molar refractivity (Wildman–Crippen MR) is 283 cm³/mol. The molecule has 0 N–H and O–H groups in total. The first-order chi connectivity index (χ1) is 35.2. The smallest absolute Gasteiger partial charge is 0.0623 e. The van der Waals surface area contributed by atoms with Crippen LogP contribution < -0.4 is 9.80 Å². The molecule has 0 heterocycles. The highest BCUT2D eigenvalue weighted by Crippen LogP contribution is 2.45. The number of rotatable bonds is 13. The first kappa shape index (κ1) is 34.7. The standard InChI is InChI=1S/C64H48N2/c1-3-47-25-35-57(36-26-47)65(63-43-33-55(49-17-9-5-10-18-49)45-61(63)53-21-13-7-14-22-53)59-39-29-51(30-40-59)52-31-41-60(42-32-52)66(58-37-27-48(4-2)28-38-58)64-44-34-56(50-19-11-6-12-20-50)46-62(64)54-23-15-8-16-24-54/h3-46H,1-2H2/i1D2,2D2,3D,4D. The molecule has 0 radical (unpaired) electrons. The van der Waals surface area contributed by atoms with E-state index in [4.69, 9.17) is 8.22 Å². The third-order valence-electron chi connectivity index (χ3n) is 12.0. The van der Waals surface area contributed by atoms with E-state index in [1.165, 1.54) is 0 Å². The molecule has 0 spiro atoms. The topological polar surface area (TPSA) is 6.48 Å². The molecule has 0 aliphatic carbocycles. The van der Waals surface area contributed by atoms with Gasteiger partial charge in [0.1, 0.15) is 0 Å². The Labute approximate surface area is 397 Å². The molecule has 0 atom stereocenters. The quantitative estimate of drug-likeness (QED) is 0.114. The van der Waals surface area contributed by atoms with E-state index in [0.29, 0.717) is 11.1 Å². The summed E-state index contributed by atoms with van der Waals surface area (Å²) in [5, 5.41) is 0. The van der Waals surface area contributed by atoms with Crippen LogP contribution in [-0.4, -0.2) is 0 Å². The van der Waals surface area contributed by atoms with Gasteiger partial charge in [0.25, 0.3) is 0 Å². The number of hydrogen-bond donors (Lipinski definition) is 0. The van der Waals surface area contributed by atoms with Gasteiger partial charge in [0, 0.05) is 33.9 Å². The van der Waals surface area contributed by atoms with Crippen molar-refractivity contribution in [2.75, 3.05) is 9.80 Å². The van der Waals surface area contributed by atoms with Crippen molar-refractivity contribution in [3.8, 4) is 55.6 Å². The average molecular weight is 851 g/mol. The lowest BCUT2D eigenvalue weighted by atomic mass is 9.95. The number of hydrogen-bond acceptors (Lipinski definition) is 2. The van der Waals surface area contributed by atoms with Crippen LogP contribution in [0, 0.1) is 0 Å². The zero-order valence-electron chi connectivity index (χ0n) is 42.1. The summed E-state index contributed by atoms with van der Waals surface area (Å²) < 4.78 is 47.8. The normalized spacial score (nSPS) is 12.0. The summed E-state index contributed by atoms with van der Waals surface area (Å²) in [7, 11) is 0. The Morgan fingerprint density at radius 1 is 0.288 bits per heavy atom. The molecule has 0 aromatic heterocycles. The van der Waals surface area contributed by atoms with Crippen molar-refractivity contribution < 1.29 is 8.22 Å². The monoisotopic (exact) mass is 850 g/mol. The summed E-state index contributed by atoms with van der Waals surface area (Å²) in [5.41, 5.74) is 17.2. The summed E-state index contributed by atoms with van der Waals surface area (Å²) in [6.07, 6.45) is 0. The van der Waals surface area contributed by atoms with Crippen LogP contribution in [-0.2, 0) is 0 Å². The van der Waals surface area contributed by atoms with Crippen molar-refractivity contribution >= 4 is 46.2 Å². The molecule has 0 bridgehead atoms. The Morgan fingerprint density at radius 2 is 0.561 bits per heavy atom. The molecule has 66 heavy (non-hydrogen) atoms. The summed E-state index contributed by atoms with van der Waals surface area (Å²) in [5.74, 6) is 0. The molecule has 0 aliphatic heterocycles. The van der Waals surface area contributed by atoms with Crippen molar-refractivity contribution in [1.29, 1.82) is 0 Å². The fourth-order valence-corrected chi connectivity index (χ4v) is 8.63. The molecule has 2 heteroatoms. The molecule has 0 aliphatic rings. The molecule has 0 amide bonds. The molecule has 0 unspecified atom stereocenters. The maximum atomic E-state index is 8.34. The third-order valence-corrected chi connectivity index (χ3v) is 12.0. The lowest BCUT2D eigenvalue weighted by molar-refractivity contribution is 1.28. The molecule has 0 fully saturated rings. The minimum absolute atomic E-state index is 0.136. The maximum Gasteiger partial charge on any atom is 0.0623 e. The van der Waals surface area contributed by atoms with E-state index in [-0.39, 0.29) is 12.1 Å². The molecule has 0 saturated carbocycles. The van der Waals surface area contributed by atoms with Crippen LogP contribution in [0.2, 0.25) is 0 Å². The number of benzene rings is 10. The van der Waals surface area contributed by atoms with Crippen molar-refractivity contribution in [3.63, 3.8) is 0 Å². The van der Waals surface area contributed by atoms with E-state index in [1.807, 2.05) is 72.8 Å². The summed E-state index contributed by atoms with van der Waals surface area (Å²) in [4.78, 5) is 4.43. The molecule has 2 nitrogen and oxygen atoms in total. The van der Waals surface area contributed by atoms with Crippen LogP contribution in [0.1, 0.15) is 19.4 Å². The SMILES string of the molecule is [2H]C([2H])=C([2H])c1ccc(N(c2ccc(-c3ccc(N(c4ccc(C([2H])=C([2H])[2H])cc4)c4ccc(-c5ccccc5)cc4-c4ccccc4)cc3)cc2)c2ccc(-c3ccccc3)cc2-c2ccccc2)cc1. The van der Waals surface area contributed by atoms with E-state index in [1.54, 1.807) is 24.3 Å². The van der Waals surface area contributed by atoms with Gasteiger partial charge in [0.05, 0.1) is 19.6 Å². The molecule has 10 aromatic carbocycles. The molecular formula is C64H48N2. The van der Waals surface area contributed by atoms with Gasteiger partial charge in [-0.3, -0.25) is 0 Å². The maximum absolute atomic E-state index is 8.34. The van der Waals surface area contributed by atoms with Gasteiger partial charge in [-0.15, -0.1) is 0 Å². The van der Waals surface area contributed by atoms with E-state index in [2.05, 4.69) is 168 Å². The molecule has 10 rings (SSSR count). The van der Waals surface area contributed by atoms with Crippen LogP contribution in [0.4, 0.5) is 34.1 Å². The number of anilines is 6. The van der Waals surface area contributed by atoms with Crippen molar-refractivity contribution in [1.82, 2.24) is 0 Å². The zero-order chi connectivity index (χ0) is 49.6. The van der Waals surface area contributed by atoms with Crippen LogP contribution in [0.25, 0.3) is 67.7 Å². The van der Waals surface area contributed by atoms with Gasteiger partial charge in [0.15, 0.2) is 0 Å². The van der Waals surface area contributed by atoms with Gasteiger partial charge in [-0.2, -0.15) is 0 Å². The Hall–Kier alpha value is -8.72. The lowest BCUT2D eigenvalue weighted by Gasteiger charge is -2.29. The van der Waals surface area contributed by atoms with E-state index in [9.17, 15) is 0 Å². The van der Waals surface area contributed by atoms with Gasteiger partial charge in [-0.25, -0.2) is 0 Å². The highest BCUT2D eigenvalue weighted by atomic mass is 15.1. The lowest BCUT2D eigenvalue weighted by Crippen LogP contribution is -2.11. The second kappa shape index (κ2) is 18.9. The first-order valence-corrected chi connectivity index (χ1v) is 22.0. The van der Waals surface area contributed by atoms with E-state index < -0.39 is 13.1 Å². The van der Waals surface area contributed by atoms with Crippen molar-refractivity contribution in [2.24, 2.45) is 0 Å². The minimum Gasteiger partial charge on any atom is -0.310 e. The Morgan fingerprint density at radius 3 is 0.879 bits per heavy atom. The third kappa shape index (κ3) is 8.64. The van der Waals surface area contributed by atoms with Gasteiger partial charge < -0.3 is 9.80 Å². The minimum atomic E-state index is -0.534. The van der Waals surface area contributed by atoms with Gasteiger partial charge in [-0.1, -0.05) is 207 Å². The second-order valence-corrected chi connectivity index (χ2v) is 16.0. The fraction of sp³-hybridized carbons (Fsp3) is 0. The molecule has 10 aromatic rings. The van der Waals surface area contributed by atoms with Crippen LogP contribution in [0.15, 0.2) is 268 Å². The van der Waals surface area contributed by atoms with Crippen molar-refractivity contribution in [3.05, 3.63) is 279 Å². The molecular weight excluding hydrogens is 797 g/mol. The van der Waals surface area contributed by atoms with Crippen LogP contribution in [0.5, 0.6) is 0 Å². The van der Waals surface area contributed by atoms with E-state index >= 15 is 0 Å². The molecule has 314 valence electrons. The average Bonchev–Trinajstić information content (AvgIpc) is 3.44. The van der Waals surface area contributed by atoms with Gasteiger partial charge in [0.2, 0.25) is 0 Å². The highest BCUT2D eigenvalue weighted by molar-refractivity contribution is 5.93. The first-order valence-electron chi connectivity index (χ1n) is 25.0. The summed E-state index contributed by atoms with van der Waals surface area (Å²) in [6, 6.07) is 86.3. The van der Waals surface area contributed by atoms with Crippen molar-refractivity contribution in [2.45, 2.75) is 0 Å².